The van der Waals surface area contributed by atoms with Crippen LogP contribution < -0.4 is 10.1 Å². The van der Waals surface area contributed by atoms with Gasteiger partial charge in [0.15, 0.2) is 6.61 Å². The molecule has 6 nitrogen and oxygen atoms in total. The van der Waals surface area contributed by atoms with Crippen molar-refractivity contribution in [3.63, 3.8) is 0 Å². The van der Waals surface area contributed by atoms with Crippen LogP contribution in [0.1, 0.15) is 42.6 Å². The Hall–Kier alpha value is -2.32. The second kappa shape index (κ2) is 8.17. The molecule has 2 N–H and O–H groups in total. The van der Waals surface area contributed by atoms with E-state index in [-0.39, 0.29) is 11.6 Å². The fraction of sp³-hybridized carbons (Fsp3) is 0.562. The molecule has 0 unspecified atom stereocenters. The van der Waals surface area contributed by atoms with E-state index < -0.39 is 36.6 Å². The molecular weight excluding hydrogens is 341 g/mol. The average Bonchev–Trinajstić information content (AvgIpc) is 2.78. The number of carbonyl (C=O) groups excluding carboxylic acids is 1. The summed E-state index contributed by atoms with van der Waals surface area (Å²) in [5.41, 5.74) is -0.118. The van der Waals surface area contributed by atoms with Gasteiger partial charge in [-0.1, -0.05) is 25.3 Å². The fourth-order valence-corrected chi connectivity index (χ4v) is 2.80. The summed E-state index contributed by atoms with van der Waals surface area (Å²) in [4.78, 5) is 27.4. The normalized spacial score (nSPS) is 21.2. The minimum absolute atomic E-state index is 0.118. The molecule has 1 aliphatic carbocycles. The van der Waals surface area contributed by atoms with E-state index in [1.165, 1.54) is 18.2 Å². The molecular formula is C16H19F3N2O4. The van der Waals surface area contributed by atoms with Crippen molar-refractivity contribution in [2.75, 3.05) is 6.61 Å². The molecule has 1 aromatic rings. The first-order valence-electron chi connectivity index (χ1n) is 7.96. The van der Waals surface area contributed by atoms with Crippen molar-refractivity contribution < 1.29 is 32.6 Å². The Labute approximate surface area is 142 Å². The maximum Gasteiger partial charge on any atom is 0.422 e. The molecule has 1 aliphatic rings. The minimum Gasteiger partial charge on any atom is -0.481 e. The number of ether oxygens (including phenoxy) is 1. The van der Waals surface area contributed by atoms with Crippen LogP contribution in [0.25, 0.3) is 0 Å². The van der Waals surface area contributed by atoms with Gasteiger partial charge in [0.05, 0.1) is 5.92 Å². The van der Waals surface area contributed by atoms with E-state index in [2.05, 4.69) is 15.0 Å². The lowest BCUT2D eigenvalue weighted by Gasteiger charge is -2.22. The van der Waals surface area contributed by atoms with Gasteiger partial charge in [0.25, 0.3) is 5.91 Å². The zero-order valence-corrected chi connectivity index (χ0v) is 13.4. The molecule has 9 heteroatoms. The summed E-state index contributed by atoms with van der Waals surface area (Å²) in [6, 6.07) is 3.38. The highest BCUT2D eigenvalue weighted by molar-refractivity contribution is 5.93. The quantitative estimate of drug-likeness (QED) is 0.789. The molecule has 1 fully saturated rings. The molecule has 1 heterocycles. The van der Waals surface area contributed by atoms with Gasteiger partial charge < -0.3 is 15.2 Å². The maximum atomic E-state index is 12.3. The number of rotatable bonds is 5. The molecule has 138 valence electrons. The third kappa shape index (κ3) is 5.91. The van der Waals surface area contributed by atoms with Crippen LogP contribution in [-0.4, -0.2) is 40.8 Å². The van der Waals surface area contributed by atoms with Gasteiger partial charge in [-0.3, -0.25) is 9.59 Å². The van der Waals surface area contributed by atoms with Crippen molar-refractivity contribution >= 4 is 11.9 Å². The lowest BCUT2D eigenvalue weighted by Crippen LogP contribution is -2.43. The summed E-state index contributed by atoms with van der Waals surface area (Å²) < 4.78 is 41.1. The number of aliphatic carboxylic acids is 1. The molecule has 0 aliphatic heterocycles. The number of carboxylic acids is 1. The van der Waals surface area contributed by atoms with E-state index >= 15 is 0 Å². The number of carboxylic acid groups (broad SMARTS) is 1. The molecule has 2 rings (SSSR count). The number of nitrogens with zero attached hydrogens (tertiary/aromatic N) is 1. The van der Waals surface area contributed by atoms with Crippen LogP contribution in [0.5, 0.6) is 5.88 Å². The standard InChI is InChI=1S/C16H19F3N2O4/c17-16(18,19)9-25-13-8-4-7-12(20-13)14(22)21-11-6-3-1-2-5-10(11)15(23)24/h4,7-8,10-11H,1-3,5-6,9H2,(H,21,22)(H,23,24)/t10-,11+/m1/s1. The van der Waals surface area contributed by atoms with Crippen LogP contribution in [0.15, 0.2) is 18.2 Å². The number of hydrogen-bond donors (Lipinski definition) is 2. The van der Waals surface area contributed by atoms with Gasteiger partial charge in [-0.15, -0.1) is 0 Å². The Bertz CT molecular complexity index is 622. The molecule has 0 radical (unpaired) electrons. The first-order chi connectivity index (χ1) is 11.8. The van der Waals surface area contributed by atoms with Gasteiger partial charge >= 0.3 is 12.1 Å². The van der Waals surface area contributed by atoms with Gasteiger partial charge in [0.1, 0.15) is 5.69 Å². The Morgan fingerprint density at radius 3 is 2.64 bits per heavy atom. The first-order valence-corrected chi connectivity index (χ1v) is 7.96. The smallest absolute Gasteiger partial charge is 0.422 e. The molecule has 0 spiro atoms. The number of nitrogens with one attached hydrogen (secondary N) is 1. The predicted molar refractivity (Wildman–Crippen MR) is 81.3 cm³/mol. The van der Waals surface area contributed by atoms with Gasteiger partial charge in [-0.05, 0) is 18.9 Å². The second-order valence-electron chi connectivity index (χ2n) is 5.93. The highest BCUT2D eigenvalue weighted by Gasteiger charge is 2.31. The number of alkyl halides is 3. The molecule has 0 saturated heterocycles. The van der Waals surface area contributed by atoms with Crippen LogP contribution in [0.2, 0.25) is 0 Å². The third-order valence-electron chi connectivity index (χ3n) is 3.99. The summed E-state index contributed by atoms with van der Waals surface area (Å²) >= 11 is 0. The van der Waals surface area contributed by atoms with Gasteiger partial charge in [-0.25, -0.2) is 4.98 Å². The Morgan fingerprint density at radius 2 is 1.96 bits per heavy atom. The van der Waals surface area contributed by atoms with E-state index in [1.54, 1.807) is 0 Å². The number of aromatic nitrogens is 1. The third-order valence-corrected chi connectivity index (χ3v) is 3.99. The van der Waals surface area contributed by atoms with Crippen LogP contribution in [0.4, 0.5) is 13.2 Å². The largest absolute Gasteiger partial charge is 0.481 e. The Balaban J connectivity index is 2.05. The summed E-state index contributed by atoms with van der Waals surface area (Å²) in [5.74, 6) is -2.60. The van der Waals surface area contributed by atoms with Crippen LogP contribution in [-0.2, 0) is 4.79 Å². The topological polar surface area (TPSA) is 88.5 Å². The monoisotopic (exact) mass is 360 g/mol. The molecule has 25 heavy (non-hydrogen) atoms. The number of carbonyl (C=O) groups is 2. The molecule has 1 saturated carbocycles. The maximum absolute atomic E-state index is 12.3. The number of pyridine rings is 1. The van der Waals surface area contributed by atoms with Crippen molar-refractivity contribution in [1.82, 2.24) is 10.3 Å². The zero-order chi connectivity index (χ0) is 18.4. The van der Waals surface area contributed by atoms with Crippen LogP contribution in [0.3, 0.4) is 0 Å². The highest BCUT2D eigenvalue weighted by Crippen LogP contribution is 2.24. The average molecular weight is 360 g/mol. The number of halogens is 3. The van der Waals surface area contributed by atoms with E-state index in [1.807, 2.05) is 0 Å². The van der Waals surface area contributed by atoms with E-state index in [9.17, 15) is 27.9 Å². The molecule has 1 amide bonds. The van der Waals surface area contributed by atoms with Crippen LogP contribution in [0, 0.1) is 5.92 Å². The molecule has 0 bridgehead atoms. The summed E-state index contributed by atoms with van der Waals surface area (Å²) in [6.07, 6.45) is -1.02. The molecule has 2 atom stereocenters. The van der Waals surface area contributed by atoms with Gasteiger partial charge in [0.2, 0.25) is 5.88 Å². The van der Waals surface area contributed by atoms with Crippen molar-refractivity contribution in [2.24, 2.45) is 5.92 Å². The number of amides is 1. The molecule has 1 aromatic heterocycles. The highest BCUT2D eigenvalue weighted by atomic mass is 19.4. The molecule has 0 aromatic carbocycles. The second-order valence-corrected chi connectivity index (χ2v) is 5.93. The predicted octanol–water partition coefficient (Wildman–Crippen LogP) is 2.79. The summed E-state index contributed by atoms with van der Waals surface area (Å²) in [5, 5.41) is 12.0. The van der Waals surface area contributed by atoms with E-state index in [0.717, 1.165) is 19.3 Å². The summed E-state index contributed by atoms with van der Waals surface area (Å²) in [6.45, 7) is -1.51. The Morgan fingerprint density at radius 1 is 1.24 bits per heavy atom. The van der Waals surface area contributed by atoms with Gasteiger partial charge in [0, 0.05) is 12.1 Å². The Kier molecular flexibility index (Phi) is 6.22. The van der Waals surface area contributed by atoms with Crippen molar-refractivity contribution in [3.8, 4) is 5.88 Å². The lowest BCUT2D eigenvalue weighted by molar-refractivity contribution is -0.154. The zero-order valence-electron chi connectivity index (χ0n) is 13.4. The lowest BCUT2D eigenvalue weighted by atomic mass is 9.95. The van der Waals surface area contributed by atoms with E-state index in [4.69, 9.17) is 0 Å². The van der Waals surface area contributed by atoms with Crippen molar-refractivity contribution in [2.45, 2.75) is 44.3 Å². The minimum atomic E-state index is -4.50. The number of hydrogen-bond acceptors (Lipinski definition) is 4. The SMILES string of the molecule is O=C(N[C@H]1CCCCC[C@H]1C(=O)O)c1cccc(OCC(F)(F)F)n1. The summed E-state index contributed by atoms with van der Waals surface area (Å²) in [7, 11) is 0. The van der Waals surface area contributed by atoms with Gasteiger partial charge in [-0.2, -0.15) is 13.2 Å². The van der Waals surface area contributed by atoms with Crippen molar-refractivity contribution in [1.29, 1.82) is 0 Å². The van der Waals surface area contributed by atoms with Crippen molar-refractivity contribution in [3.05, 3.63) is 23.9 Å². The van der Waals surface area contributed by atoms with Crippen LogP contribution >= 0.6 is 0 Å². The van der Waals surface area contributed by atoms with E-state index in [0.29, 0.717) is 12.8 Å². The first kappa shape index (κ1) is 19.0. The fourth-order valence-electron chi connectivity index (χ4n) is 2.80.